The number of unbranched alkanes of at least 4 members (excludes halogenated alkanes) is 12. The first-order valence-corrected chi connectivity index (χ1v) is 12.7. The number of esters is 2. The average Bonchev–Trinajstić information content (AvgIpc) is 3.07. The lowest BCUT2D eigenvalue weighted by Gasteiger charge is -2.20. The summed E-state index contributed by atoms with van der Waals surface area (Å²) in [5.41, 5.74) is 0.150. The minimum Gasteiger partial charge on any atom is -0.501 e. The summed E-state index contributed by atoms with van der Waals surface area (Å²) in [4.78, 5) is 23.5. The van der Waals surface area contributed by atoms with E-state index < -0.39 is 23.9 Å². The minimum absolute atomic E-state index is 0.150. The molecule has 7 nitrogen and oxygen atoms in total. The van der Waals surface area contributed by atoms with Gasteiger partial charge < -0.3 is 25.0 Å². The maximum atomic E-state index is 11.9. The van der Waals surface area contributed by atoms with Crippen LogP contribution in [0.5, 0.6) is 0 Å². The molecule has 7 heteroatoms. The molecule has 0 fully saturated rings. The Balaban J connectivity index is 2.04. The molecule has 0 aliphatic carbocycles. The Kier molecular flexibility index (Phi) is 15.7. The van der Waals surface area contributed by atoms with Crippen LogP contribution in [0.15, 0.2) is 11.5 Å². The Morgan fingerprint density at radius 1 is 0.938 bits per heavy atom. The fraction of sp³-hybridized carbons (Fsp3) is 0.840. The lowest BCUT2D eigenvalue weighted by molar-refractivity contribution is -0.153. The Bertz CT molecular complexity index is 563. The number of rotatable bonds is 20. The van der Waals surface area contributed by atoms with E-state index in [1.54, 1.807) is 0 Å². The van der Waals surface area contributed by atoms with Crippen molar-refractivity contribution in [1.29, 1.82) is 0 Å². The molecule has 2 atom stereocenters. The second-order valence-corrected chi connectivity index (χ2v) is 8.76. The molecule has 2 unspecified atom stereocenters. The van der Waals surface area contributed by atoms with Crippen molar-refractivity contribution < 1.29 is 29.3 Å². The third kappa shape index (κ3) is 11.7. The van der Waals surface area contributed by atoms with Crippen molar-refractivity contribution in [2.75, 3.05) is 13.2 Å². The van der Waals surface area contributed by atoms with Crippen LogP contribution < -0.4 is 5.32 Å². The molecule has 0 aromatic heterocycles. The van der Waals surface area contributed by atoms with E-state index in [0.29, 0.717) is 13.0 Å². The second-order valence-electron chi connectivity index (χ2n) is 8.76. The average molecular weight is 456 g/mol. The summed E-state index contributed by atoms with van der Waals surface area (Å²) in [5, 5.41) is 22.9. The summed E-state index contributed by atoms with van der Waals surface area (Å²) >= 11 is 0. The molecule has 0 amide bonds. The van der Waals surface area contributed by atoms with E-state index >= 15 is 0 Å². The number of nitrogens with one attached hydrogen (secondary N) is 1. The standard InChI is InChI=1S/C25H45NO6/c1-3-5-6-7-8-9-10-11-12-13-14-15-16-17-21(28)31-19-20(27)24-22(26-18-4-2)23(29)25(30)32-24/h20,24,26-27,29H,3-19H2,1-2H3. The SMILES string of the molecule is CCCCCCCCCCCCCCCC(=O)OCC(O)C1OC(=O)C(O)=C1NCCC. The first-order chi connectivity index (χ1) is 15.5. The maximum absolute atomic E-state index is 11.9. The second kappa shape index (κ2) is 17.8. The molecule has 0 bridgehead atoms. The molecule has 0 saturated heterocycles. The van der Waals surface area contributed by atoms with Crippen LogP contribution >= 0.6 is 0 Å². The van der Waals surface area contributed by atoms with Crippen LogP contribution in [0.2, 0.25) is 0 Å². The molecule has 1 aliphatic rings. The van der Waals surface area contributed by atoms with Gasteiger partial charge in [0, 0.05) is 13.0 Å². The third-order valence-corrected chi connectivity index (χ3v) is 5.78. The van der Waals surface area contributed by atoms with Crippen molar-refractivity contribution in [2.24, 2.45) is 0 Å². The highest BCUT2D eigenvalue weighted by molar-refractivity contribution is 5.89. The largest absolute Gasteiger partial charge is 0.501 e. The van der Waals surface area contributed by atoms with Gasteiger partial charge in [-0.15, -0.1) is 0 Å². The molecule has 1 rings (SSSR count). The summed E-state index contributed by atoms with van der Waals surface area (Å²) in [6.07, 6.45) is 15.0. The molecule has 32 heavy (non-hydrogen) atoms. The highest BCUT2D eigenvalue weighted by Gasteiger charge is 2.39. The van der Waals surface area contributed by atoms with E-state index in [1.807, 2.05) is 6.92 Å². The van der Waals surface area contributed by atoms with E-state index in [-0.39, 0.29) is 18.3 Å². The molecular formula is C25H45NO6. The normalized spacial score (nSPS) is 16.8. The number of carbonyl (C=O) groups is 2. The zero-order valence-corrected chi connectivity index (χ0v) is 20.2. The van der Waals surface area contributed by atoms with Crippen LogP contribution in [0.4, 0.5) is 0 Å². The summed E-state index contributed by atoms with van der Waals surface area (Å²) in [6.45, 7) is 4.43. The van der Waals surface area contributed by atoms with Crippen molar-refractivity contribution >= 4 is 11.9 Å². The molecule has 0 aromatic carbocycles. The van der Waals surface area contributed by atoms with Gasteiger partial charge >= 0.3 is 11.9 Å². The van der Waals surface area contributed by atoms with Crippen molar-refractivity contribution in [2.45, 2.75) is 122 Å². The van der Waals surface area contributed by atoms with Gasteiger partial charge in [-0.25, -0.2) is 4.79 Å². The molecule has 3 N–H and O–H groups in total. The lowest BCUT2D eigenvalue weighted by Crippen LogP contribution is -2.37. The zero-order valence-electron chi connectivity index (χ0n) is 20.2. The summed E-state index contributed by atoms with van der Waals surface area (Å²) < 4.78 is 10.1. The van der Waals surface area contributed by atoms with Crippen LogP contribution in [0.1, 0.15) is 110 Å². The fourth-order valence-electron chi connectivity index (χ4n) is 3.81. The third-order valence-electron chi connectivity index (χ3n) is 5.78. The number of aliphatic hydroxyl groups is 2. The zero-order chi connectivity index (χ0) is 23.6. The van der Waals surface area contributed by atoms with E-state index in [1.165, 1.54) is 64.2 Å². The topological polar surface area (TPSA) is 105 Å². The fourth-order valence-corrected chi connectivity index (χ4v) is 3.81. The first kappa shape index (κ1) is 28.3. The highest BCUT2D eigenvalue weighted by Crippen LogP contribution is 2.22. The number of cyclic esters (lactones) is 1. The van der Waals surface area contributed by atoms with Crippen LogP contribution in [-0.4, -0.2) is 47.5 Å². The highest BCUT2D eigenvalue weighted by atomic mass is 16.6. The van der Waals surface area contributed by atoms with Crippen molar-refractivity contribution in [3.8, 4) is 0 Å². The van der Waals surface area contributed by atoms with Gasteiger partial charge in [0.05, 0.1) is 0 Å². The van der Waals surface area contributed by atoms with Crippen LogP contribution in [-0.2, 0) is 19.1 Å². The van der Waals surface area contributed by atoms with Crippen molar-refractivity contribution in [1.82, 2.24) is 5.32 Å². The van der Waals surface area contributed by atoms with Gasteiger partial charge in [0.1, 0.15) is 18.4 Å². The molecule has 186 valence electrons. The van der Waals surface area contributed by atoms with Gasteiger partial charge in [-0.3, -0.25) is 4.79 Å². The number of ether oxygens (including phenoxy) is 2. The van der Waals surface area contributed by atoms with Gasteiger partial charge in [-0.1, -0.05) is 90.9 Å². The summed E-state index contributed by atoms with van der Waals surface area (Å²) in [6, 6.07) is 0. The van der Waals surface area contributed by atoms with Crippen LogP contribution in [0, 0.1) is 0 Å². The Labute approximate surface area is 193 Å². The van der Waals surface area contributed by atoms with Gasteiger partial charge in [0.2, 0.25) is 5.76 Å². The molecule has 0 radical (unpaired) electrons. The van der Waals surface area contributed by atoms with Crippen molar-refractivity contribution in [3.63, 3.8) is 0 Å². The lowest BCUT2D eigenvalue weighted by atomic mass is 10.0. The van der Waals surface area contributed by atoms with E-state index in [2.05, 4.69) is 12.2 Å². The van der Waals surface area contributed by atoms with Crippen molar-refractivity contribution in [3.05, 3.63) is 11.5 Å². The van der Waals surface area contributed by atoms with Gasteiger partial charge in [-0.2, -0.15) is 0 Å². The number of hydrogen-bond donors (Lipinski definition) is 3. The molecule has 0 saturated carbocycles. The van der Waals surface area contributed by atoms with E-state index in [0.717, 1.165) is 25.7 Å². The molecule has 1 aliphatic heterocycles. The quantitative estimate of drug-likeness (QED) is 0.174. The number of hydrogen-bond acceptors (Lipinski definition) is 7. The van der Waals surface area contributed by atoms with E-state index in [4.69, 9.17) is 9.47 Å². The van der Waals surface area contributed by atoms with Crippen LogP contribution in [0.25, 0.3) is 0 Å². The predicted molar refractivity (Wildman–Crippen MR) is 125 cm³/mol. The molecule has 1 heterocycles. The van der Waals surface area contributed by atoms with Gasteiger partial charge in [0.15, 0.2) is 6.10 Å². The Hall–Kier alpha value is -1.76. The number of aliphatic hydroxyl groups excluding tert-OH is 2. The predicted octanol–water partition coefficient (Wildman–Crippen LogP) is 5.07. The first-order valence-electron chi connectivity index (χ1n) is 12.7. The number of carbonyl (C=O) groups excluding carboxylic acids is 2. The maximum Gasteiger partial charge on any atom is 0.376 e. The van der Waals surface area contributed by atoms with Gasteiger partial charge in [-0.05, 0) is 12.8 Å². The van der Waals surface area contributed by atoms with Crippen LogP contribution in [0.3, 0.4) is 0 Å². The Morgan fingerprint density at radius 2 is 1.47 bits per heavy atom. The van der Waals surface area contributed by atoms with Gasteiger partial charge in [0.25, 0.3) is 0 Å². The smallest absolute Gasteiger partial charge is 0.376 e. The monoisotopic (exact) mass is 455 g/mol. The minimum atomic E-state index is -1.22. The molecular weight excluding hydrogens is 410 g/mol. The molecule has 0 spiro atoms. The Morgan fingerprint density at radius 3 is 2.00 bits per heavy atom. The molecule has 0 aromatic rings. The summed E-state index contributed by atoms with van der Waals surface area (Å²) in [7, 11) is 0. The summed E-state index contributed by atoms with van der Waals surface area (Å²) in [5.74, 6) is -1.78. The van der Waals surface area contributed by atoms with E-state index in [9.17, 15) is 19.8 Å².